The van der Waals surface area contributed by atoms with Gasteiger partial charge in [-0.05, 0) is 48.9 Å². The first kappa shape index (κ1) is 24.1. The van der Waals surface area contributed by atoms with Crippen LogP contribution in [0.25, 0.3) is 0 Å². The lowest BCUT2D eigenvalue weighted by atomic mass is 10.0. The van der Waals surface area contributed by atoms with Gasteiger partial charge in [-0.2, -0.15) is 0 Å². The van der Waals surface area contributed by atoms with Crippen LogP contribution in [0.3, 0.4) is 0 Å². The van der Waals surface area contributed by atoms with E-state index in [1.54, 1.807) is 4.90 Å². The van der Waals surface area contributed by atoms with Gasteiger partial charge in [-0.25, -0.2) is 0 Å². The van der Waals surface area contributed by atoms with E-state index in [1.165, 1.54) is 5.56 Å². The van der Waals surface area contributed by atoms with E-state index in [9.17, 15) is 14.7 Å². The number of ether oxygens (including phenoxy) is 1. The van der Waals surface area contributed by atoms with Crippen LogP contribution in [0, 0.1) is 5.92 Å². The second kappa shape index (κ2) is 11.9. The minimum atomic E-state index is -0.949. The Hall–Kier alpha value is -3.55. The lowest BCUT2D eigenvalue weighted by Crippen LogP contribution is -2.38. The number of aryl methyl sites for hydroxylation is 1. The molecule has 0 bridgehead atoms. The Bertz CT molecular complexity index is 943. The third-order valence-corrected chi connectivity index (χ3v) is 5.82. The van der Waals surface area contributed by atoms with Crippen LogP contribution in [0.2, 0.25) is 0 Å². The molecule has 176 valence electrons. The molecule has 0 spiro atoms. The molecule has 0 radical (unpaired) electrons. The van der Waals surface area contributed by atoms with E-state index in [0.717, 1.165) is 24.8 Å². The maximum Gasteiger partial charge on any atom is 0.304 e. The highest BCUT2D eigenvalue weighted by molar-refractivity contribution is 5.85. The molecular formula is C25H32N4O4. The third-order valence-electron chi connectivity index (χ3n) is 5.82. The summed E-state index contributed by atoms with van der Waals surface area (Å²) in [6.45, 7) is 1.44. The van der Waals surface area contributed by atoms with Crippen LogP contribution in [0.1, 0.15) is 30.4 Å². The summed E-state index contributed by atoms with van der Waals surface area (Å²) in [5.41, 5.74) is 13.0. The van der Waals surface area contributed by atoms with Crippen molar-refractivity contribution >= 4 is 17.8 Å². The molecule has 33 heavy (non-hydrogen) atoms. The highest BCUT2D eigenvalue weighted by Crippen LogP contribution is 2.28. The quantitative estimate of drug-likeness (QED) is 0.334. The number of guanidine groups is 1. The lowest BCUT2D eigenvalue weighted by molar-refractivity contribution is -0.142. The summed E-state index contributed by atoms with van der Waals surface area (Å²) < 4.78 is 5.98. The minimum Gasteiger partial charge on any atom is -0.491 e. The monoisotopic (exact) mass is 452 g/mol. The molecule has 0 aromatic heterocycles. The Kier molecular flexibility index (Phi) is 8.69. The first-order valence-corrected chi connectivity index (χ1v) is 11.3. The van der Waals surface area contributed by atoms with Gasteiger partial charge in [0.2, 0.25) is 5.91 Å². The SMILES string of the molecule is NC(N)=NCCc1ccc(OC[C@@H]2C[C@@H](CC(=O)O)C(=O)N2CCCc2ccccc2)cc1. The second-order valence-corrected chi connectivity index (χ2v) is 8.32. The molecule has 2 aromatic rings. The standard InChI is InChI=1S/C25H32N4O4/c26-25(27)28-13-12-19-8-10-22(11-9-19)33-17-21-15-20(16-23(30)31)24(32)29(21)14-4-7-18-5-2-1-3-6-18/h1-3,5-6,8-11,20-21H,4,7,12-17H2,(H,30,31)(H4,26,27,28)/t20-,21-/m0/s1. The number of aliphatic imine (C=N–C) groups is 1. The number of carboxylic acids is 1. The van der Waals surface area contributed by atoms with Crippen molar-refractivity contribution in [1.29, 1.82) is 0 Å². The van der Waals surface area contributed by atoms with E-state index < -0.39 is 11.9 Å². The van der Waals surface area contributed by atoms with Crippen molar-refractivity contribution in [2.75, 3.05) is 19.7 Å². The zero-order valence-corrected chi connectivity index (χ0v) is 18.7. The van der Waals surface area contributed by atoms with Crippen molar-refractivity contribution in [2.45, 2.75) is 38.1 Å². The van der Waals surface area contributed by atoms with Gasteiger partial charge in [0.15, 0.2) is 5.96 Å². The van der Waals surface area contributed by atoms with Crippen LogP contribution < -0.4 is 16.2 Å². The van der Waals surface area contributed by atoms with Gasteiger partial charge in [0.1, 0.15) is 12.4 Å². The number of amides is 1. The number of hydrogen-bond donors (Lipinski definition) is 3. The fourth-order valence-corrected chi connectivity index (χ4v) is 4.16. The number of nitrogens with zero attached hydrogens (tertiary/aromatic N) is 2. The number of benzene rings is 2. The maximum absolute atomic E-state index is 12.9. The Morgan fingerprint density at radius 1 is 1.06 bits per heavy atom. The van der Waals surface area contributed by atoms with Crippen molar-refractivity contribution in [3.63, 3.8) is 0 Å². The van der Waals surface area contributed by atoms with Crippen molar-refractivity contribution in [1.82, 2.24) is 4.90 Å². The Morgan fingerprint density at radius 3 is 2.42 bits per heavy atom. The number of aliphatic carboxylic acids is 1. The van der Waals surface area contributed by atoms with Crippen LogP contribution in [-0.2, 0) is 22.4 Å². The smallest absolute Gasteiger partial charge is 0.304 e. The topological polar surface area (TPSA) is 131 Å². The van der Waals surface area contributed by atoms with Crippen LogP contribution in [0.4, 0.5) is 0 Å². The molecule has 1 saturated heterocycles. The fourth-order valence-electron chi connectivity index (χ4n) is 4.16. The number of carbonyl (C=O) groups is 2. The zero-order chi connectivity index (χ0) is 23.6. The first-order chi connectivity index (χ1) is 15.9. The van der Waals surface area contributed by atoms with Crippen LogP contribution >= 0.6 is 0 Å². The Labute approximate surface area is 194 Å². The highest BCUT2D eigenvalue weighted by Gasteiger charge is 2.40. The number of hydrogen-bond acceptors (Lipinski definition) is 4. The van der Waals surface area contributed by atoms with Crippen LogP contribution in [0.5, 0.6) is 5.75 Å². The predicted octanol–water partition coefficient (Wildman–Crippen LogP) is 2.21. The molecule has 1 amide bonds. The third kappa shape index (κ3) is 7.52. The summed E-state index contributed by atoms with van der Waals surface area (Å²) in [4.78, 5) is 29.9. The van der Waals surface area contributed by atoms with Crippen LogP contribution in [-0.4, -0.2) is 53.6 Å². The summed E-state index contributed by atoms with van der Waals surface area (Å²) >= 11 is 0. The van der Waals surface area contributed by atoms with Gasteiger partial charge in [-0.1, -0.05) is 42.5 Å². The molecule has 8 nitrogen and oxygen atoms in total. The van der Waals surface area contributed by atoms with Gasteiger partial charge < -0.3 is 26.2 Å². The molecule has 1 aliphatic heterocycles. The average Bonchev–Trinajstić information content (AvgIpc) is 3.07. The Morgan fingerprint density at radius 2 is 1.76 bits per heavy atom. The van der Waals surface area contributed by atoms with Crippen molar-refractivity contribution in [2.24, 2.45) is 22.4 Å². The van der Waals surface area contributed by atoms with E-state index in [-0.39, 0.29) is 24.3 Å². The number of likely N-dealkylation sites (tertiary alicyclic amines) is 1. The number of nitrogens with two attached hydrogens (primary N) is 2. The van der Waals surface area contributed by atoms with Gasteiger partial charge in [0.05, 0.1) is 18.4 Å². The molecule has 0 unspecified atom stereocenters. The molecule has 1 aliphatic rings. The second-order valence-electron chi connectivity index (χ2n) is 8.32. The Balaban J connectivity index is 1.56. The van der Waals surface area contributed by atoms with E-state index in [1.807, 2.05) is 42.5 Å². The average molecular weight is 453 g/mol. The molecular weight excluding hydrogens is 420 g/mol. The van der Waals surface area contributed by atoms with Gasteiger partial charge in [0, 0.05) is 13.1 Å². The normalized spacial score (nSPS) is 17.7. The van der Waals surface area contributed by atoms with E-state index >= 15 is 0 Å². The molecule has 3 rings (SSSR count). The lowest BCUT2D eigenvalue weighted by Gasteiger charge is -2.25. The summed E-state index contributed by atoms with van der Waals surface area (Å²) in [6, 6.07) is 17.7. The molecule has 0 aliphatic carbocycles. The molecule has 0 saturated carbocycles. The van der Waals surface area contributed by atoms with Gasteiger partial charge in [0.25, 0.3) is 0 Å². The van der Waals surface area contributed by atoms with Crippen LogP contribution in [0.15, 0.2) is 59.6 Å². The van der Waals surface area contributed by atoms with E-state index in [4.69, 9.17) is 16.2 Å². The zero-order valence-electron chi connectivity index (χ0n) is 18.7. The van der Waals surface area contributed by atoms with Gasteiger partial charge in [-0.15, -0.1) is 0 Å². The van der Waals surface area contributed by atoms with Crippen molar-refractivity contribution in [3.8, 4) is 5.75 Å². The molecule has 8 heteroatoms. The van der Waals surface area contributed by atoms with Crippen molar-refractivity contribution in [3.05, 3.63) is 65.7 Å². The number of carbonyl (C=O) groups excluding carboxylic acids is 1. The summed E-state index contributed by atoms with van der Waals surface area (Å²) in [7, 11) is 0. The summed E-state index contributed by atoms with van der Waals surface area (Å²) in [5.74, 6) is -0.745. The summed E-state index contributed by atoms with van der Waals surface area (Å²) in [5, 5.41) is 9.19. The van der Waals surface area contributed by atoms with E-state index in [0.29, 0.717) is 31.9 Å². The summed E-state index contributed by atoms with van der Waals surface area (Å²) in [6.07, 6.45) is 2.75. The maximum atomic E-state index is 12.9. The van der Waals surface area contributed by atoms with Gasteiger partial charge >= 0.3 is 5.97 Å². The molecule has 1 heterocycles. The van der Waals surface area contributed by atoms with E-state index in [2.05, 4.69) is 17.1 Å². The fraction of sp³-hybridized carbons (Fsp3) is 0.400. The van der Waals surface area contributed by atoms with Gasteiger partial charge in [-0.3, -0.25) is 14.6 Å². The highest BCUT2D eigenvalue weighted by atomic mass is 16.5. The predicted molar refractivity (Wildman–Crippen MR) is 127 cm³/mol. The molecule has 1 fully saturated rings. The molecule has 2 atom stereocenters. The number of rotatable bonds is 12. The number of carboxylic acid groups (broad SMARTS) is 1. The minimum absolute atomic E-state index is 0.0792. The molecule has 2 aromatic carbocycles. The van der Waals surface area contributed by atoms with Crippen molar-refractivity contribution < 1.29 is 19.4 Å². The first-order valence-electron chi connectivity index (χ1n) is 11.3. The molecule has 5 N–H and O–H groups in total. The largest absolute Gasteiger partial charge is 0.491 e.